The normalized spacial score (nSPS) is 18.5. The van der Waals surface area contributed by atoms with E-state index in [4.69, 9.17) is 0 Å². The first-order valence-electron chi connectivity index (χ1n) is 9.82. The van der Waals surface area contributed by atoms with E-state index >= 15 is 0 Å². The van der Waals surface area contributed by atoms with Gasteiger partial charge in [-0.15, -0.1) is 11.8 Å². The number of hydrogen-bond donors (Lipinski definition) is 0. The van der Waals surface area contributed by atoms with E-state index in [1.807, 2.05) is 41.3 Å². The van der Waals surface area contributed by atoms with Gasteiger partial charge in [0.1, 0.15) is 5.82 Å². The summed E-state index contributed by atoms with van der Waals surface area (Å²) in [6.07, 6.45) is 4.88. The predicted molar refractivity (Wildman–Crippen MR) is 114 cm³/mol. The van der Waals surface area contributed by atoms with Crippen molar-refractivity contribution in [1.29, 1.82) is 0 Å². The van der Waals surface area contributed by atoms with E-state index < -0.39 is 5.82 Å². The predicted octanol–water partition coefficient (Wildman–Crippen LogP) is 4.05. The number of nitrogens with zero attached hydrogens (tertiary/aromatic N) is 2. The van der Waals surface area contributed by atoms with Gasteiger partial charge in [-0.1, -0.05) is 42.5 Å². The molecule has 2 heterocycles. The van der Waals surface area contributed by atoms with Crippen LogP contribution in [0, 0.1) is 5.82 Å². The maximum Gasteiger partial charge on any atom is 0.256 e. The molecule has 2 fully saturated rings. The second-order valence-electron chi connectivity index (χ2n) is 7.30. The molecule has 0 aromatic heterocycles. The molecule has 0 saturated carbocycles. The summed E-state index contributed by atoms with van der Waals surface area (Å²) < 4.78 is 14.0. The van der Waals surface area contributed by atoms with Crippen molar-refractivity contribution in [2.24, 2.45) is 0 Å². The van der Waals surface area contributed by atoms with Gasteiger partial charge in [0.2, 0.25) is 5.91 Å². The third-order valence-corrected chi connectivity index (χ3v) is 7.15. The van der Waals surface area contributed by atoms with Gasteiger partial charge in [-0.05, 0) is 36.6 Å². The van der Waals surface area contributed by atoms with Crippen LogP contribution < -0.4 is 0 Å². The van der Waals surface area contributed by atoms with Crippen LogP contribution in [0.25, 0.3) is 6.08 Å². The molecule has 2 aromatic carbocycles. The van der Waals surface area contributed by atoms with Gasteiger partial charge in [-0.25, -0.2) is 4.39 Å². The summed E-state index contributed by atoms with van der Waals surface area (Å²) in [5.74, 6) is 0.137. The molecule has 0 bridgehead atoms. The Morgan fingerprint density at radius 1 is 0.966 bits per heavy atom. The van der Waals surface area contributed by atoms with E-state index in [0.717, 1.165) is 11.3 Å². The molecule has 2 aromatic rings. The van der Waals surface area contributed by atoms with Crippen molar-refractivity contribution in [1.82, 2.24) is 9.80 Å². The molecule has 2 aliphatic rings. The van der Waals surface area contributed by atoms with Gasteiger partial charge in [0.15, 0.2) is 0 Å². The monoisotopic (exact) mass is 410 g/mol. The highest BCUT2D eigenvalue weighted by Gasteiger charge is 2.46. The maximum absolute atomic E-state index is 14.0. The SMILES string of the molecule is O=C(c1ccccc1F)N1CCC2(CC1)SCCN2C(=O)C=Cc1ccccc1. The number of thioether (sulfide) groups is 1. The number of carbonyl (C=O) groups is 2. The zero-order valence-corrected chi connectivity index (χ0v) is 16.9. The molecule has 0 aliphatic carbocycles. The van der Waals surface area contributed by atoms with Crippen LogP contribution in [0.5, 0.6) is 0 Å². The Bertz CT molecular complexity index is 923. The maximum atomic E-state index is 14.0. The van der Waals surface area contributed by atoms with Gasteiger partial charge >= 0.3 is 0 Å². The van der Waals surface area contributed by atoms with Gasteiger partial charge < -0.3 is 9.80 Å². The first kappa shape index (κ1) is 19.7. The lowest BCUT2D eigenvalue weighted by Gasteiger charge is -2.43. The molecular weight excluding hydrogens is 387 g/mol. The minimum atomic E-state index is -0.490. The first-order chi connectivity index (χ1) is 14.1. The van der Waals surface area contributed by atoms with Crippen LogP contribution in [0.15, 0.2) is 60.7 Å². The van der Waals surface area contributed by atoms with E-state index in [1.165, 1.54) is 12.1 Å². The van der Waals surface area contributed by atoms with Crippen molar-refractivity contribution in [3.63, 3.8) is 0 Å². The minimum Gasteiger partial charge on any atom is -0.338 e. The Morgan fingerprint density at radius 3 is 2.38 bits per heavy atom. The highest BCUT2D eigenvalue weighted by atomic mass is 32.2. The lowest BCUT2D eigenvalue weighted by Crippen LogP contribution is -2.53. The van der Waals surface area contributed by atoms with E-state index in [0.29, 0.717) is 32.5 Å². The summed E-state index contributed by atoms with van der Waals surface area (Å²) in [5.41, 5.74) is 1.10. The molecule has 2 saturated heterocycles. The molecule has 1 spiro atoms. The van der Waals surface area contributed by atoms with E-state index in [9.17, 15) is 14.0 Å². The van der Waals surface area contributed by atoms with Crippen LogP contribution in [0.4, 0.5) is 4.39 Å². The number of hydrogen-bond acceptors (Lipinski definition) is 3. The first-order valence-corrected chi connectivity index (χ1v) is 10.8. The van der Waals surface area contributed by atoms with Gasteiger partial charge in [-0.2, -0.15) is 0 Å². The van der Waals surface area contributed by atoms with E-state index in [-0.39, 0.29) is 22.2 Å². The standard InChI is InChI=1S/C23H23FN2O2S/c24-20-9-5-4-8-19(20)22(28)25-14-12-23(13-15-25)26(16-17-29-23)21(27)11-10-18-6-2-1-3-7-18/h1-11H,12-17H2. The molecule has 6 heteroatoms. The van der Waals surface area contributed by atoms with Crippen LogP contribution in [0.2, 0.25) is 0 Å². The quantitative estimate of drug-likeness (QED) is 0.717. The Balaban J connectivity index is 1.43. The third-order valence-electron chi connectivity index (χ3n) is 5.60. The van der Waals surface area contributed by atoms with Crippen molar-refractivity contribution in [2.75, 3.05) is 25.4 Å². The van der Waals surface area contributed by atoms with E-state index in [2.05, 4.69) is 0 Å². The Hall–Kier alpha value is -2.60. The molecular formula is C23H23FN2O2S. The molecule has 2 amide bonds. The largest absolute Gasteiger partial charge is 0.338 e. The van der Waals surface area contributed by atoms with Crippen molar-refractivity contribution < 1.29 is 14.0 Å². The summed E-state index contributed by atoms with van der Waals surface area (Å²) in [7, 11) is 0. The molecule has 4 nitrogen and oxygen atoms in total. The lowest BCUT2D eigenvalue weighted by molar-refractivity contribution is -0.129. The molecule has 29 heavy (non-hydrogen) atoms. The Morgan fingerprint density at radius 2 is 1.66 bits per heavy atom. The molecule has 4 rings (SSSR count). The number of piperidine rings is 1. The fourth-order valence-electron chi connectivity index (χ4n) is 4.02. The Kier molecular flexibility index (Phi) is 5.72. The zero-order chi connectivity index (χ0) is 20.3. The molecule has 0 radical (unpaired) electrons. The fourth-order valence-corrected chi connectivity index (χ4v) is 5.48. The van der Waals surface area contributed by atoms with Crippen LogP contribution >= 0.6 is 11.8 Å². The summed E-state index contributed by atoms with van der Waals surface area (Å²) in [5, 5.41) is 0. The van der Waals surface area contributed by atoms with Crippen LogP contribution in [0.3, 0.4) is 0 Å². The van der Waals surface area contributed by atoms with Gasteiger partial charge in [0.05, 0.1) is 10.4 Å². The van der Waals surface area contributed by atoms with Crippen molar-refractivity contribution >= 4 is 29.7 Å². The molecule has 0 atom stereocenters. The molecule has 0 N–H and O–H groups in total. The average Bonchev–Trinajstić information content (AvgIpc) is 3.16. The topological polar surface area (TPSA) is 40.6 Å². The molecule has 150 valence electrons. The molecule has 2 aliphatic heterocycles. The zero-order valence-electron chi connectivity index (χ0n) is 16.1. The number of amides is 2. The Labute approximate surface area is 174 Å². The number of benzene rings is 2. The van der Waals surface area contributed by atoms with Gasteiger partial charge in [0, 0.05) is 31.5 Å². The van der Waals surface area contributed by atoms with Gasteiger partial charge in [-0.3, -0.25) is 9.59 Å². The number of carbonyl (C=O) groups excluding carboxylic acids is 2. The second-order valence-corrected chi connectivity index (χ2v) is 8.76. The number of halogens is 1. The fraction of sp³-hybridized carbons (Fsp3) is 0.304. The lowest BCUT2D eigenvalue weighted by atomic mass is 10.0. The molecule has 0 unspecified atom stereocenters. The number of rotatable bonds is 3. The third kappa shape index (κ3) is 4.08. The summed E-state index contributed by atoms with van der Waals surface area (Å²) in [6.45, 7) is 1.75. The highest BCUT2D eigenvalue weighted by molar-refractivity contribution is 8.00. The van der Waals surface area contributed by atoms with Crippen molar-refractivity contribution in [2.45, 2.75) is 17.7 Å². The highest BCUT2D eigenvalue weighted by Crippen LogP contribution is 2.44. The minimum absolute atomic E-state index is 0.00716. The van der Waals surface area contributed by atoms with Crippen LogP contribution in [-0.4, -0.2) is 51.9 Å². The second kappa shape index (κ2) is 8.41. The summed E-state index contributed by atoms with van der Waals surface area (Å²) >= 11 is 1.80. The summed E-state index contributed by atoms with van der Waals surface area (Å²) in [6, 6.07) is 15.9. The summed E-state index contributed by atoms with van der Waals surface area (Å²) in [4.78, 5) is 28.9. The average molecular weight is 411 g/mol. The van der Waals surface area contributed by atoms with E-state index in [1.54, 1.807) is 34.9 Å². The smallest absolute Gasteiger partial charge is 0.256 e. The van der Waals surface area contributed by atoms with Crippen LogP contribution in [-0.2, 0) is 4.79 Å². The van der Waals surface area contributed by atoms with Crippen molar-refractivity contribution in [3.8, 4) is 0 Å². The van der Waals surface area contributed by atoms with Gasteiger partial charge in [0.25, 0.3) is 5.91 Å². The van der Waals surface area contributed by atoms with Crippen molar-refractivity contribution in [3.05, 3.63) is 77.6 Å². The van der Waals surface area contributed by atoms with Crippen LogP contribution in [0.1, 0.15) is 28.8 Å². The number of likely N-dealkylation sites (tertiary alicyclic amines) is 1.